The maximum absolute atomic E-state index is 5.84. The summed E-state index contributed by atoms with van der Waals surface area (Å²) in [4.78, 5) is 4.20. The highest BCUT2D eigenvalue weighted by atomic mass is 16.5. The van der Waals surface area contributed by atoms with Crippen molar-refractivity contribution in [3.05, 3.63) is 48.7 Å². The van der Waals surface area contributed by atoms with E-state index in [4.69, 9.17) is 9.47 Å². The molecule has 0 bridgehead atoms. The molecule has 100 valence electrons. The average Bonchev–Trinajstić information content (AvgIpc) is 2.47. The second-order valence-electron chi connectivity index (χ2n) is 4.18. The van der Waals surface area contributed by atoms with E-state index in [1.54, 1.807) is 13.3 Å². The Morgan fingerprint density at radius 1 is 1.11 bits per heavy atom. The molecule has 1 unspecified atom stereocenters. The normalized spacial score (nSPS) is 11.7. The highest BCUT2D eigenvalue weighted by Crippen LogP contribution is 2.26. The van der Waals surface area contributed by atoms with Crippen LogP contribution in [-0.2, 0) is 0 Å². The summed E-state index contributed by atoms with van der Waals surface area (Å²) in [5, 5.41) is 3.23. The number of ether oxygens (including phenoxy) is 2. The summed E-state index contributed by atoms with van der Waals surface area (Å²) < 4.78 is 11.1. The van der Waals surface area contributed by atoms with Gasteiger partial charge in [0.25, 0.3) is 0 Å². The fraction of sp³-hybridized carbons (Fsp3) is 0.267. The SMILES string of the molecule is COc1ccccc1OC(C)CNc1ccccn1. The van der Waals surface area contributed by atoms with Crippen LogP contribution in [-0.4, -0.2) is 24.7 Å². The number of para-hydroxylation sites is 2. The molecule has 4 heteroatoms. The quantitative estimate of drug-likeness (QED) is 0.865. The van der Waals surface area contributed by atoms with E-state index in [0.717, 1.165) is 17.3 Å². The van der Waals surface area contributed by atoms with Crippen LogP contribution in [0.15, 0.2) is 48.7 Å². The van der Waals surface area contributed by atoms with Gasteiger partial charge in [-0.3, -0.25) is 0 Å². The van der Waals surface area contributed by atoms with E-state index in [2.05, 4.69) is 10.3 Å². The first-order valence-corrected chi connectivity index (χ1v) is 6.24. The van der Waals surface area contributed by atoms with Crippen LogP contribution < -0.4 is 14.8 Å². The Hall–Kier alpha value is -2.23. The standard InChI is InChI=1S/C15H18N2O2/c1-12(11-17-15-9-5-6-10-16-15)19-14-8-4-3-7-13(14)18-2/h3-10,12H,11H2,1-2H3,(H,16,17). The minimum absolute atomic E-state index is 0.0123. The van der Waals surface area contributed by atoms with Gasteiger partial charge in [0.2, 0.25) is 0 Å². The molecule has 0 aliphatic heterocycles. The maximum atomic E-state index is 5.84. The van der Waals surface area contributed by atoms with Gasteiger partial charge in [-0.25, -0.2) is 4.98 Å². The first-order chi connectivity index (χ1) is 9.29. The fourth-order valence-corrected chi connectivity index (χ4v) is 1.69. The van der Waals surface area contributed by atoms with Gasteiger partial charge in [0.15, 0.2) is 11.5 Å². The van der Waals surface area contributed by atoms with E-state index in [9.17, 15) is 0 Å². The predicted octanol–water partition coefficient (Wildman–Crippen LogP) is 2.97. The van der Waals surface area contributed by atoms with Gasteiger partial charge in [0.1, 0.15) is 11.9 Å². The smallest absolute Gasteiger partial charge is 0.161 e. The molecule has 1 aromatic carbocycles. The molecule has 0 saturated carbocycles. The second-order valence-corrected chi connectivity index (χ2v) is 4.18. The number of hydrogen-bond acceptors (Lipinski definition) is 4. The summed E-state index contributed by atoms with van der Waals surface area (Å²) in [6.07, 6.45) is 1.77. The van der Waals surface area contributed by atoms with Crippen LogP contribution in [0.4, 0.5) is 5.82 Å². The molecular weight excluding hydrogens is 240 g/mol. The summed E-state index contributed by atoms with van der Waals surface area (Å²) in [6.45, 7) is 2.68. The van der Waals surface area contributed by atoms with Gasteiger partial charge in [-0.15, -0.1) is 0 Å². The topological polar surface area (TPSA) is 43.4 Å². The van der Waals surface area contributed by atoms with Crippen LogP contribution in [0.5, 0.6) is 11.5 Å². The van der Waals surface area contributed by atoms with Crippen molar-refractivity contribution in [3.8, 4) is 11.5 Å². The fourth-order valence-electron chi connectivity index (χ4n) is 1.69. The Kier molecular flexibility index (Phi) is 4.61. The number of aromatic nitrogens is 1. The van der Waals surface area contributed by atoms with Crippen molar-refractivity contribution < 1.29 is 9.47 Å². The molecule has 2 aromatic rings. The first-order valence-electron chi connectivity index (χ1n) is 6.24. The van der Waals surface area contributed by atoms with Gasteiger partial charge >= 0.3 is 0 Å². The molecule has 1 atom stereocenters. The molecule has 1 N–H and O–H groups in total. The van der Waals surface area contributed by atoms with Crippen molar-refractivity contribution in [2.75, 3.05) is 19.0 Å². The largest absolute Gasteiger partial charge is 0.493 e. The summed E-state index contributed by atoms with van der Waals surface area (Å²) >= 11 is 0. The van der Waals surface area contributed by atoms with Gasteiger partial charge in [0.05, 0.1) is 13.7 Å². The van der Waals surface area contributed by atoms with Crippen LogP contribution in [0.25, 0.3) is 0 Å². The maximum Gasteiger partial charge on any atom is 0.161 e. The molecule has 2 rings (SSSR count). The van der Waals surface area contributed by atoms with Gasteiger partial charge in [-0.05, 0) is 31.2 Å². The number of pyridine rings is 1. The molecule has 1 heterocycles. The molecule has 0 radical (unpaired) electrons. The zero-order valence-electron chi connectivity index (χ0n) is 11.2. The van der Waals surface area contributed by atoms with Gasteiger partial charge in [0, 0.05) is 6.20 Å². The lowest BCUT2D eigenvalue weighted by atomic mass is 10.3. The van der Waals surface area contributed by atoms with Crippen LogP contribution in [0.3, 0.4) is 0 Å². The summed E-state index contributed by atoms with van der Waals surface area (Å²) in [6, 6.07) is 13.4. The number of hydrogen-bond donors (Lipinski definition) is 1. The van der Waals surface area contributed by atoms with E-state index in [1.165, 1.54) is 0 Å². The molecule has 0 fully saturated rings. The van der Waals surface area contributed by atoms with Crippen LogP contribution in [0.2, 0.25) is 0 Å². The Morgan fingerprint density at radius 2 is 1.84 bits per heavy atom. The monoisotopic (exact) mass is 258 g/mol. The first kappa shape index (κ1) is 13.2. The Balaban J connectivity index is 1.89. The van der Waals surface area contributed by atoms with E-state index in [1.807, 2.05) is 49.4 Å². The molecule has 0 amide bonds. The number of nitrogens with one attached hydrogen (secondary N) is 1. The minimum atomic E-state index is 0.0123. The van der Waals surface area contributed by atoms with E-state index in [0.29, 0.717) is 6.54 Å². The molecule has 1 aromatic heterocycles. The van der Waals surface area contributed by atoms with Crippen LogP contribution >= 0.6 is 0 Å². The summed E-state index contributed by atoms with van der Waals surface area (Å²) in [7, 11) is 1.64. The van der Waals surface area contributed by atoms with Crippen LogP contribution in [0.1, 0.15) is 6.92 Å². The van der Waals surface area contributed by atoms with Gasteiger partial charge in [-0.1, -0.05) is 18.2 Å². The third kappa shape index (κ3) is 3.88. The number of nitrogens with zero attached hydrogens (tertiary/aromatic N) is 1. The zero-order valence-corrected chi connectivity index (χ0v) is 11.2. The molecule has 19 heavy (non-hydrogen) atoms. The van der Waals surface area contributed by atoms with E-state index >= 15 is 0 Å². The molecule has 4 nitrogen and oxygen atoms in total. The van der Waals surface area contributed by atoms with Crippen molar-refractivity contribution >= 4 is 5.82 Å². The summed E-state index contributed by atoms with van der Waals surface area (Å²) in [5.41, 5.74) is 0. The average molecular weight is 258 g/mol. The van der Waals surface area contributed by atoms with E-state index < -0.39 is 0 Å². The van der Waals surface area contributed by atoms with Crippen molar-refractivity contribution in [2.45, 2.75) is 13.0 Å². The Morgan fingerprint density at radius 3 is 2.53 bits per heavy atom. The van der Waals surface area contributed by atoms with Gasteiger partial charge < -0.3 is 14.8 Å². The lowest BCUT2D eigenvalue weighted by Gasteiger charge is -2.17. The van der Waals surface area contributed by atoms with Crippen molar-refractivity contribution in [3.63, 3.8) is 0 Å². The number of methoxy groups -OCH3 is 1. The van der Waals surface area contributed by atoms with E-state index in [-0.39, 0.29) is 6.10 Å². The molecular formula is C15H18N2O2. The lowest BCUT2D eigenvalue weighted by Crippen LogP contribution is -2.23. The van der Waals surface area contributed by atoms with Crippen LogP contribution in [0, 0.1) is 0 Å². The third-order valence-electron chi connectivity index (χ3n) is 2.63. The minimum Gasteiger partial charge on any atom is -0.493 e. The highest BCUT2D eigenvalue weighted by molar-refractivity contribution is 5.39. The lowest BCUT2D eigenvalue weighted by molar-refractivity contribution is 0.223. The Labute approximate surface area is 113 Å². The number of anilines is 1. The van der Waals surface area contributed by atoms with Gasteiger partial charge in [-0.2, -0.15) is 0 Å². The van der Waals surface area contributed by atoms with Crippen molar-refractivity contribution in [2.24, 2.45) is 0 Å². The zero-order chi connectivity index (χ0) is 13.5. The van der Waals surface area contributed by atoms with Crippen molar-refractivity contribution in [1.82, 2.24) is 4.98 Å². The number of rotatable bonds is 6. The number of benzene rings is 1. The highest BCUT2D eigenvalue weighted by Gasteiger charge is 2.08. The Bertz CT molecular complexity index is 503. The second kappa shape index (κ2) is 6.64. The molecule has 0 aliphatic rings. The third-order valence-corrected chi connectivity index (χ3v) is 2.63. The summed E-state index contributed by atoms with van der Waals surface area (Å²) in [5.74, 6) is 2.34. The van der Waals surface area contributed by atoms with Crippen molar-refractivity contribution in [1.29, 1.82) is 0 Å². The molecule has 0 spiro atoms. The predicted molar refractivity (Wildman–Crippen MR) is 75.8 cm³/mol. The molecule has 0 saturated heterocycles. The molecule has 0 aliphatic carbocycles.